The molecule has 0 saturated carbocycles. The summed E-state index contributed by atoms with van der Waals surface area (Å²) in [6.45, 7) is 2.18. The van der Waals surface area contributed by atoms with Gasteiger partial charge in [0.1, 0.15) is 6.61 Å². The molecule has 82 valence electrons. The maximum atomic E-state index is 11.2. The fraction of sp³-hybridized carbons (Fsp3) is 0.417. The van der Waals surface area contributed by atoms with E-state index in [0.29, 0.717) is 12.8 Å². The van der Waals surface area contributed by atoms with Crippen LogP contribution in [0.5, 0.6) is 0 Å². The second-order valence-electron chi connectivity index (χ2n) is 3.57. The first-order chi connectivity index (χ1) is 7.13. The number of rotatable bonds is 5. The molecule has 0 amide bonds. The average Bonchev–Trinajstić information content (AvgIpc) is 2.17. The van der Waals surface area contributed by atoms with Crippen molar-refractivity contribution in [1.29, 1.82) is 0 Å². The predicted molar refractivity (Wildman–Crippen MR) is 61.4 cm³/mol. The molecule has 0 N–H and O–H groups in total. The van der Waals surface area contributed by atoms with E-state index in [9.17, 15) is 4.79 Å². The summed E-state index contributed by atoms with van der Waals surface area (Å²) in [4.78, 5) is 11.2. The molecule has 0 aliphatic carbocycles. The smallest absolute Gasteiger partial charge is 0.158 e. The number of halogens is 1. The predicted octanol–water partition coefficient (Wildman–Crippen LogP) is 2.80. The summed E-state index contributed by atoms with van der Waals surface area (Å²) in [7, 11) is 1.52. The first kappa shape index (κ1) is 12.2. The number of ketones is 1. The van der Waals surface area contributed by atoms with E-state index in [1.807, 2.05) is 25.1 Å². The molecule has 3 heteroatoms. The van der Waals surface area contributed by atoms with Gasteiger partial charge >= 0.3 is 0 Å². The Bertz CT molecular complexity index is 347. The second-order valence-corrected chi connectivity index (χ2v) is 3.97. The minimum absolute atomic E-state index is 0.106. The Hall–Kier alpha value is -0.860. The third kappa shape index (κ3) is 4.02. The zero-order chi connectivity index (χ0) is 11.3. The quantitative estimate of drug-likeness (QED) is 0.772. The zero-order valence-electron chi connectivity index (χ0n) is 9.05. The summed E-state index contributed by atoms with van der Waals surface area (Å²) < 4.78 is 4.76. The molecule has 0 aliphatic heterocycles. The second kappa shape index (κ2) is 5.89. The van der Waals surface area contributed by atoms with Crippen molar-refractivity contribution >= 4 is 17.4 Å². The molecule has 0 aliphatic rings. The summed E-state index contributed by atoms with van der Waals surface area (Å²) in [6.07, 6.45) is 1.16. The number of hydrogen-bond donors (Lipinski definition) is 0. The molecule has 0 fully saturated rings. The summed E-state index contributed by atoms with van der Waals surface area (Å²) in [6, 6.07) is 5.89. The van der Waals surface area contributed by atoms with Gasteiger partial charge in [-0.05, 0) is 30.5 Å². The van der Waals surface area contributed by atoms with E-state index in [4.69, 9.17) is 16.3 Å². The fourth-order valence-corrected chi connectivity index (χ4v) is 1.69. The molecule has 0 heterocycles. The van der Waals surface area contributed by atoms with Gasteiger partial charge < -0.3 is 4.74 Å². The lowest BCUT2D eigenvalue weighted by Crippen LogP contribution is -2.07. The van der Waals surface area contributed by atoms with Gasteiger partial charge in [0.05, 0.1) is 0 Å². The first-order valence-electron chi connectivity index (χ1n) is 4.89. The van der Waals surface area contributed by atoms with Crippen LogP contribution in [0.2, 0.25) is 5.02 Å². The molecular formula is C12H15ClO2. The molecule has 0 radical (unpaired) electrons. The average molecular weight is 227 g/mol. The van der Waals surface area contributed by atoms with Crippen LogP contribution >= 0.6 is 11.6 Å². The zero-order valence-corrected chi connectivity index (χ0v) is 9.80. The number of carbonyl (C=O) groups is 1. The van der Waals surface area contributed by atoms with Crippen molar-refractivity contribution in [2.45, 2.75) is 19.8 Å². The van der Waals surface area contributed by atoms with E-state index in [-0.39, 0.29) is 12.4 Å². The van der Waals surface area contributed by atoms with Gasteiger partial charge in [-0.1, -0.05) is 23.7 Å². The van der Waals surface area contributed by atoms with Crippen LogP contribution < -0.4 is 0 Å². The number of ether oxygens (including phenoxy) is 1. The van der Waals surface area contributed by atoms with Gasteiger partial charge in [-0.15, -0.1) is 0 Å². The molecular weight excluding hydrogens is 212 g/mol. The van der Waals surface area contributed by atoms with Crippen LogP contribution in [0.15, 0.2) is 18.2 Å². The summed E-state index contributed by atoms with van der Waals surface area (Å²) in [5.74, 6) is 0.106. The third-order valence-corrected chi connectivity index (χ3v) is 2.54. The van der Waals surface area contributed by atoms with Crippen LogP contribution in [-0.2, 0) is 16.0 Å². The van der Waals surface area contributed by atoms with E-state index in [1.54, 1.807) is 0 Å². The lowest BCUT2D eigenvalue weighted by Gasteiger charge is -2.04. The van der Waals surface area contributed by atoms with Crippen LogP contribution in [0.25, 0.3) is 0 Å². The Morgan fingerprint density at radius 1 is 1.47 bits per heavy atom. The number of benzene rings is 1. The van der Waals surface area contributed by atoms with Gasteiger partial charge in [0.2, 0.25) is 0 Å². The number of aryl methyl sites for hydroxylation is 2. The fourth-order valence-electron chi connectivity index (χ4n) is 1.36. The topological polar surface area (TPSA) is 26.3 Å². The summed E-state index contributed by atoms with van der Waals surface area (Å²) >= 11 is 6.05. The number of methoxy groups -OCH3 is 1. The highest BCUT2D eigenvalue weighted by atomic mass is 35.5. The Kier molecular flexibility index (Phi) is 4.79. The van der Waals surface area contributed by atoms with Crippen molar-refractivity contribution in [3.63, 3.8) is 0 Å². The van der Waals surface area contributed by atoms with E-state index in [0.717, 1.165) is 16.1 Å². The molecule has 0 spiro atoms. The lowest BCUT2D eigenvalue weighted by atomic mass is 10.1. The van der Waals surface area contributed by atoms with Crippen LogP contribution in [0.4, 0.5) is 0 Å². The van der Waals surface area contributed by atoms with Crippen molar-refractivity contribution in [2.24, 2.45) is 0 Å². The van der Waals surface area contributed by atoms with E-state index < -0.39 is 0 Å². The van der Waals surface area contributed by atoms with Gasteiger partial charge in [0, 0.05) is 18.6 Å². The Labute approximate surface area is 95.2 Å². The van der Waals surface area contributed by atoms with Crippen LogP contribution in [0.1, 0.15) is 17.5 Å². The van der Waals surface area contributed by atoms with Crippen molar-refractivity contribution < 1.29 is 9.53 Å². The lowest BCUT2D eigenvalue weighted by molar-refractivity contribution is -0.122. The van der Waals surface area contributed by atoms with Crippen LogP contribution in [0.3, 0.4) is 0 Å². The van der Waals surface area contributed by atoms with Crippen molar-refractivity contribution in [1.82, 2.24) is 0 Å². The standard InChI is InChI=1S/C12H15ClO2/c1-9-3-4-10(12(13)7-9)5-6-11(14)8-15-2/h3-4,7H,5-6,8H2,1-2H3. The van der Waals surface area contributed by atoms with E-state index in [1.165, 1.54) is 7.11 Å². The van der Waals surface area contributed by atoms with Gasteiger partial charge in [-0.25, -0.2) is 0 Å². The first-order valence-corrected chi connectivity index (χ1v) is 5.27. The van der Waals surface area contributed by atoms with Crippen molar-refractivity contribution in [2.75, 3.05) is 13.7 Å². The highest BCUT2D eigenvalue weighted by Crippen LogP contribution is 2.18. The summed E-state index contributed by atoms with van der Waals surface area (Å²) in [5, 5.41) is 0.736. The third-order valence-electron chi connectivity index (χ3n) is 2.19. The Balaban J connectivity index is 2.54. The maximum absolute atomic E-state index is 11.2. The Morgan fingerprint density at radius 2 is 2.20 bits per heavy atom. The SMILES string of the molecule is COCC(=O)CCc1ccc(C)cc1Cl. The van der Waals surface area contributed by atoms with E-state index in [2.05, 4.69) is 0 Å². The van der Waals surface area contributed by atoms with Gasteiger partial charge in [0.15, 0.2) is 5.78 Å². The molecule has 0 atom stereocenters. The number of carbonyl (C=O) groups excluding carboxylic acids is 1. The molecule has 0 unspecified atom stereocenters. The molecule has 0 saturated heterocycles. The normalized spacial score (nSPS) is 10.3. The number of Topliss-reactive ketones (excluding diaryl/α,β-unsaturated/α-hetero) is 1. The molecule has 2 nitrogen and oxygen atoms in total. The van der Waals surface area contributed by atoms with Crippen LogP contribution in [-0.4, -0.2) is 19.5 Å². The molecule has 1 rings (SSSR count). The highest BCUT2D eigenvalue weighted by Gasteiger charge is 2.04. The van der Waals surface area contributed by atoms with Crippen molar-refractivity contribution in [3.8, 4) is 0 Å². The van der Waals surface area contributed by atoms with Crippen molar-refractivity contribution in [3.05, 3.63) is 34.3 Å². The maximum Gasteiger partial charge on any atom is 0.158 e. The van der Waals surface area contributed by atoms with Gasteiger partial charge in [-0.2, -0.15) is 0 Å². The summed E-state index contributed by atoms with van der Waals surface area (Å²) in [5.41, 5.74) is 2.15. The monoisotopic (exact) mass is 226 g/mol. The van der Waals surface area contributed by atoms with E-state index >= 15 is 0 Å². The minimum Gasteiger partial charge on any atom is -0.377 e. The minimum atomic E-state index is 0.106. The molecule has 0 aromatic heterocycles. The van der Waals surface area contributed by atoms with Gasteiger partial charge in [0.25, 0.3) is 0 Å². The Morgan fingerprint density at radius 3 is 2.80 bits per heavy atom. The molecule has 0 bridgehead atoms. The van der Waals surface area contributed by atoms with Gasteiger partial charge in [-0.3, -0.25) is 4.79 Å². The van der Waals surface area contributed by atoms with Crippen LogP contribution in [0, 0.1) is 6.92 Å². The molecule has 1 aromatic carbocycles. The largest absolute Gasteiger partial charge is 0.377 e. The molecule has 1 aromatic rings. The number of hydrogen-bond acceptors (Lipinski definition) is 2. The highest BCUT2D eigenvalue weighted by molar-refractivity contribution is 6.31. The molecule has 15 heavy (non-hydrogen) atoms.